The van der Waals surface area contributed by atoms with Crippen molar-refractivity contribution < 1.29 is 18.7 Å². The molecule has 5 nitrogen and oxygen atoms in total. The highest BCUT2D eigenvalue weighted by molar-refractivity contribution is 5.99. The molecule has 1 amide bonds. The zero-order valence-electron chi connectivity index (χ0n) is 10.7. The third-order valence-electron chi connectivity index (χ3n) is 3.00. The maximum atomic E-state index is 13.1. The molecule has 1 fully saturated rings. The first-order valence-corrected chi connectivity index (χ1v) is 6.15. The van der Waals surface area contributed by atoms with E-state index in [9.17, 15) is 9.18 Å². The predicted molar refractivity (Wildman–Crippen MR) is 68.6 cm³/mol. The van der Waals surface area contributed by atoms with Gasteiger partial charge in [-0.1, -0.05) is 0 Å². The number of carbonyl (C=O) groups excluding carboxylic acids is 1. The number of nitrogens with two attached hydrogens (primary N) is 1. The molecule has 0 radical (unpaired) electrons. The van der Waals surface area contributed by atoms with Crippen LogP contribution >= 0.6 is 0 Å². The van der Waals surface area contributed by atoms with Gasteiger partial charge in [0.1, 0.15) is 17.1 Å². The van der Waals surface area contributed by atoms with Gasteiger partial charge in [-0.2, -0.15) is 0 Å². The van der Waals surface area contributed by atoms with Gasteiger partial charge in [0.25, 0.3) is 0 Å². The summed E-state index contributed by atoms with van der Waals surface area (Å²) >= 11 is 0. The Kier molecular flexibility index (Phi) is 4.01. The maximum Gasteiger partial charge on any atom is 0.247 e. The standard InChI is InChI=1S/C13H17FN2O3/c1-2-19-11-7-9(14)3-4-10(11)16-12(17)13(15)5-6-18-8-13/h3-4,7H,2,5-6,8,15H2,1H3,(H,16,17). The van der Waals surface area contributed by atoms with Gasteiger partial charge in [0.2, 0.25) is 5.91 Å². The lowest BCUT2D eigenvalue weighted by atomic mass is 9.99. The number of amides is 1. The van der Waals surface area contributed by atoms with Crippen LogP contribution in [0, 0.1) is 5.82 Å². The molecular formula is C13H17FN2O3. The Balaban J connectivity index is 2.16. The lowest BCUT2D eigenvalue weighted by molar-refractivity contribution is -0.121. The summed E-state index contributed by atoms with van der Waals surface area (Å²) in [5.74, 6) is -0.482. The summed E-state index contributed by atoms with van der Waals surface area (Å²) < 4.78 is 23.6. The smallest absolute Gasteiger partial charge is 0.247 e. The van der Waals surface area contributed by atoms with E-state index in [2.05, 4.69) is 5.32 Å². The van der Waals surface area contributed by atoms with Gasteiger partial charge in [0.15, 0.2) is 0 Å². The van der Waals surface area contributed by atoms with Crippen LogP contribution in [0.5, 0.6) is 5.75 Å². The maximum absolute atomic E-state index is 13.1. The van der Waals surface area contributed by atoms with Crippen molar-refractivity contribution in [1.29, 1.82) is 0 Å². The van der Waals surface area contributed by atoms with Crippen molar-refractivity contribution in [3.05, 3.63) is 24.0 Å². The van der Waals surface area contributed by atoms with Crippen LogP contribution in [-0.2, 0) is 9.53 Å². The molecule has 1 aliphatic rings. The second-order valence-electron chi connectivity index (χ2n) is 4.49. The summed E-state index contributed by atoms with van der Waals surface area (Å²) in [5.41, 5.74) is 5.33. The Bertz CT molecular complexity index is 473. The molecule has 3 N–H and O–H groups in total. The lowest BCUT2D eigenvalue weighted by Gasteiger charge is -2.21. The average molecular weight is 268 g/mol. The Labute approximate surface area is 110 Å². The molecule has 2 rings (SSSR count). The fraction of sp³-hybridized carbons (Fsp3) is 0.462. The van der Waals surface area contributed by atoms with Crippen molar-refractivity contribution in [2.75, 3.05) is 25.1 Å². The summed E-state index contributed by atoms with van der Waals surface area (Å²) in [6.45, 7) is 2.81. The normalized spacial score (nSPS) is 22.3. The van der Waals surface area contributed by atoms with Crippen LogP contribution in [-0.4, -0.2) is 31.3 Å². The van der Waals surface area contributed by atoms with Gasteiger partial charge in [0, 0.05) is 12.7 Å². The molecule has 1 saturated heterocycles. The van der Waals surface area contributed by atoms with Gasteiger partial charge >= 0.3 is 0 Å². The molecule has 6 heteroatoms. The second-order valence-corrected chi connectivity index (χ2v) is 4.49. The van der Waals surface area contributed by atoms with Crippen LogP contribution in [0.2, 0.25) is 0 Å². The van der Waals surface area contributed by atoms with E-state index in [-0.39, 0.29) is 12.5 Å². The van der Waals surface area contributed by atoms with E-state index in [0.717, 1.165) is 0 Å². The quantitative estimate of drug-likeness (QED) is 0.862. The van der Waals surface area contributed by atoms with Crippen molar-refractivity contribution in [2.45, 2.75) is 18.9 Å². The van der Waals surface area contributed by atoms with Crippen molar-refractivity contribution in [3.8, 4) is 5.75 Å². The first kappa shape index (κ1) is 13.8. The highest BCUT2D eigenvalue weighted by Gasteiger charge is 2.38. The van der Waals surface area contributed by atoms with Gasteiger partial charge in [-0.05, 0) is 25.5 Å². The molecule has 0 aromatic heterocycles. The number of benzene rings is 1. The molecule has 1 heterocycles. The minimum Gasteiger partial charge on any atom is -0.492 e. The summed E-state index contributed by atoms with van der Waals surface area (Å²) in [6, 6.07) is 3.94. The zero-order valence-corrected chi connectivity index (χ0v) is 10.7. The van der Waals surface area contributed by atoms with Crippen molar-refractivity contribution in [1.82, 2.24) is 0 Å². The number of carbonyl (C=O) groups is 1. The predicted octanol–water partition coefficient (Wildman–Crippen LogP) is 1.28. The largest absolute Gasteiger partial charge is 0.492 e. The molecule has 19 heavy (non-hydrogen) atoms. The Hall–Kier alpha value is -1.66. The van der Waals surface area contributed by atoms with Crippen molar-refractivity contribution in [3.63, 3.8) is 0 Å². The highest BCUT2D eigenvalue weighted by Crippen LogP contribution is 2.27. The fourth-order valence-corrected chi connectivity index (χ4v) is 1.88. The molecule has 1 aromatic rings. The summed E-state index contributed by atoms with van der Waals surface area (Å²) in [4.78, 5) is 12.1. The van der Waals surface area contributed by atoms with Crippen LogP contribution in [0.4, 0.5) is 10.1 Å². The highest BCUT2D eigenvalue weighted by atomic mass is 19.1. The van der Waals surface area contributed by atoms with E-state index >= 15 is 0 Å². The minimum atomic E-state index is -1.03. The van der Waals surface area contributed by atoms with Crippen molar-refractivity contribution in [2.24, 2.45) is 5.73 Å². The number of halogens is 1. The molecule has 104 valence electrons. The third kappa shape index (κ3) is 3.02. The number of hydrogen-bond donors (Lipinski definition) is 2. The number of hydrogen-bond acceptors (Lipinski definition) is 4. The molecular weight excluding hydrogens is 251 g/mol. The van der Waals surface area contributed by atoms with E-state index in [1.54, 1.807) is 6.92 Å². The number of rotatable bonds is 4. The van der Waals surface area contributed by atoms with Crippen LogP contribution in [0.1, 0.15) is 13.3 Å². The number of nitrogens with one attached hydrogen (secondary N) is 1. The molecule has 0 saturated carbocycles. The fourth-order valence-electron chi connectivity index (χ4n) is 1.88. The molecule has 0 aliphatic carbocycles. The Morgan fingerprint density at radius 2 is 2.42 bits per heavy atom. The summed E-state index contributed by atoms with van der Waals surface area (Å²) in [7, 11) is 0. The second kappa shape index (κ2) is 5.54. The summed E-state index contributed by atoms with van der Waals surface area (Å²) in [6.07, 6.45) is 0.462. The zero-order chi connectivity index (χ0) is 13.9. The monoisotopic (exact) mass is 268 g/mol. The van der Waals surface area contributed by atoms with Crippen LogP contribution in [0.15, 0.2) is 18.2 Å². The molecule has 1 atom stereocenters. The van der Waals surface area contributed by atoms with Gasteiger partial charge in [-0.25, -0.2) is 4.39 Å². The molecule has 0 spiro atoms. The van der Waals surface area contributed by atoms with Gasteiger partial charge in [0.05, 0.1) is 18.9 Å². The Morgan fingerprint density at radius 1 is 1.63 bits per heavy atom. The van der Waals surface area contributed by atoms with E-state index < -0.39 is 11.4 Å². The molecule has 1 aliphatic heterocycles. The molecule has 1 aromatic carbocycles. The molecule has 0 bridgehead atoms. The topological polar surface area (TPSA) is 73.6 Å². The summed E-state index contributed by atoms with van der Waals surface area (Å²) in [5, 5.41) is 2.67. The molecule has 1 unspecified atom stereocenters. The van der Waals surface area contributed by atoms with E-state index in [0.29, 0.717) is 31.1 Å². The number of ether oxygens (including phenoxy) is 2. The minimum absolute atomic E-state index is 0.185. The lowest BCUT2D eigenvalue weighted by Crippen LogP contribution is -2.51. The Morgan fingerprint density at radius 3 is 3.05 bits per heavy atom. The van der Waals surface area contributed by atoms with Gasteiger partial charge in [-0.3, -0.25) is 4.79 Å². The van der Waals surface area contributed by atoms with Crippen LogP contribution in [0.3, 0.4) is 0 Å². The van der Waals surface area contributed by atoms with Crippen LogP contribution in [0.25, 0.3) is 0 Å². The van der Waals surface area contributed by atoms with E-state index in [1.165, 1.54) is 18.2 Å². The number of anilines is 1. The third-order valence-corrected chi connectivity index (χ3v) is 3.00. The first-order valence-electron chi connectivity index (χ1n) is 6.15. The van der Waals surface area contributed by atoms with Crippen LogP contribution < -0.4 is 15.8 Å². The van der Waals surface area contributed by atoms with E-state index in [4.69, 9.17) is 15.2 Å². The van der Waals surface area contributed by atoms with E-state index in [1.807, 2.05) is 0 Å². The first-order chi connectivity index (χ1) is 9.05. The van der Waals surface area contributed by atoms with Gasteiger partial charge in [-0.15, -0.1) is 0 Å². The van der Waals surface area contributed by atoms with Gasteiger partial charge < -0.3 is 20.5 Å². The average Bonchev–Trinajstić information content (AvgIpc) is 2.81. The van der Waals surface area contributed by atoms with Crippen molar-refractivity contribution >= 4 is 11.6 Å². The SMILES string of the molecule is CCOc1cc(F)ccc1NC(=O)C1(N)CCOC1.